The molecule has 0 unspecified atom stereocenters. The molecule has 1 radical (unpaired) electrons. The van der Waals surface area contributed by atoms with Gasteiger partial charge in [0.2, 0.25) is 0 Å². The van der Waals surface area contributed by atoms with Crippen LogP contribution in [0.3, 0.4) is 0 Å². The largest absolute Gasteiger partial charge is 1.00 e. The number of carboxylic acid groups (broad SMARTS) is 3. The summed E-state index contributed by atoms with van der Waals surface area (Å²) in [6.45, 7) is 0. The molecule has 7 nitrogen and oxygen atoms in total. The summed E-state index contributed by atoms with van der Waals surface area (Å²) in [4.78, 5) is 30.5. The summed E-state index contributed by atoms with van der Waals surface area (Å²) in [6, 6.07) is 0. The molecular formula is C6H9AgLiO7. The Labute approximate surface area is 114 Å². The van der Waals surface area contributed by atoms with Crippen LogP contribution in [-0.2, 0) is 36.8 Å². The average molecular weight is 308 g/mol. The molecule has 0 aromatic rings. The molecule has 0 aromatic heterocycles. The maximum Gasteiger partial charge on any atom is 1.00 e. The molecule has 0 spiro atoms. The Morgan fingerprint density at radius 3 is 1.40 bits per heavy atom. The van der Waals surface area contributed by atoms with Crippen molar-refractivity contribution in [1.29, 1.82) is 0 Å². The smallest absolute Gasteiger partial charge is 1.00 e. The van der Waals surface area contributed by atoms with Crippen molar-refractivity contribution in [1.82, 2.24) is 0 Å². The van der Waals surface area contributed by atoms with Crippen LogP contribution in [0.5, 0.6) is 0 Å². The molecular weight excluding hydrogens is 299 g/mol. The SMILES string of the molecule is O=C(O)CC(O)(CC(=O)O)C(=O)O.[Ag].[H-].[Li+]. The topological polar surface area (TPSA) is 132 Å². The molecule has 15 heavy (non-hydrogen) atoms. The number of carbonyl (C=O) groups is 3. The Morgan fingerprint density at radius 1 is 1.00 bits per heavy atom. The number of aliphatic carboxylic acids is 3. The van der Waals surface area contributed by atoms with E-state index in [0.717, 1.165) is 0 Å². The van der Waals surface area contributed by atoms with E-state index < -0.39 is 36.4 Å². The number of hydrogen-bond acceptors (Lipinski definition) is 4. The van der Waals surface area contributed by atoms with Crippen LogP contribution in [0.4, 0.5) is 0 Å². The quantitative estimate of drug-likeness (QED) is 0.379. The summed E-state index contributed by atoms with van der Waals surface area (Å²) in [5.41, 5.74) is -2.74. The predicted octanol–water partition coefficient (Wildman–Crippen LogP) is -4.13. The molecule has 0 atom stereocenters. The van der Waals surface area contributed by atoms with Crippen LogP contribution in [0, 0.1) is 0 Å². The molecule has 0 heterocycles. The van der Waals surface area contributed by atoms with Crippen molar-refractivity contribution < 1.29 is 77.5 Å². The summed E-state index contributed by atoms with van der Waals surface area (Å²) in [5.74, 6) is -5.02. The molecule has 0 aliphatic carbocycles. The van der Waals surface area contributed by atoms with Crippen LogP contribution >= 0.6 is 0 Å². The van der Waals surface area contributed by atoms with Crippen LogP contribution in [0.1, 0.15) is 14.3 Å². The maximum absolute atomic E-state index is 10.3. The number of hydrogen-bond donors (Lipinski definition) is 4. The fraction of sp³-hybridized carbons (Fsp3) is 0.500. The second kappa shape index (κ2) is 7.93. The van der Waals surface area contributed by atoms with E-state index in [0.29, 0.717) is 0 Å². The minimum Gasteiger partial charge on any atom is -1.00 e. The van der Waals surface area contributed by atoms with Crippen molar-refractivity contribution in [2.75, 3.05) is 0 Å². The van der Waals surface area contributed by atoms with Crippen LogP contribution in [-0.4, -0.2) is 43.9 Å². The monoisotopic (exact) mass is 307 g/mol. The number of rotatable bonds is 5. The van der Waals surface area contributed by atoms with Gasteiger partial charge in [-0.25, -0.2) is 4.79 Å². The van der Waals surface area contributed by atoms with Gasteiger partial charge in [0.25, 0.3) is 0 Å². The zero-order valence-electron chi connectivity index (χ0n) is 8.73. The van der Waals surface area contributed by atoms with Crippen LogP contribution in [0.2, 0.25) is 0 Å². The van der Waals surface area contributed by atoms with Gasteiger partial charge in [-0.3, -0.25) is 9.59 Å². The predicted molar refractivity (Wildman–Crippen MR) is 38.2 cm³/mol. The van der Waals surface area contributed by atoms with Gasteiger partial charge in [-0.1, -0.05) is 0 Å². The Kier molecular flexibility index (Phi) is 10.7. The number of aliphatic hydroxyl groups is 1. The first-order valence-corrected chi connectivity index (χ1v) is 3.17. The van der Waals surface area contributed by atoms with Crippen LogP contribution < -0.4 is 18.9 Å². The zero-order chi connectivity index (χ0) is 10.6. The molecule has 4 N–H and O–H groups in total. The van der Waals surface area contributed by atoms with Gasteiger partial charge in [-0.2, -0.15) is 0 Å². The van der Waals surface area contributed by atoms with Gasteiger partial charge in [-0.05, 0) is 0 Å². The van der Waals surface area contributed by atoms with Crippen molar-refractivity contribution >= 4 is 17.9 Å². The molecule has 0 aromatic carbocycles. The Hall–Kier alpha value is -0.292. The van der Waals surface area contributed by atoms with Gasteiger partial charge in [0.15, 0.2) is 5.60 Å². The summed E-state index contributed by atoms with van der Waals surface area (Å²) >= 11 is 0. The van der Waals surface area contributed by atoms with E-state index in [1.165, 1.54) is 0 Å². The Balaban J connectivity index is -0.000000240. The van der Waals surface area contributed by atoms with E-state index in [4.69, 9.17) is 20.4 Å². The minimum atomic E-state index is -2.74. The first-order valence-electron chi connectivity index (χ1n) is 3.17. The van der Waals surface area contributed by atoms with Gasteiger partial charge in [0.05, 0.1) is 12.8 Å². The molecule has 0 rings (SSSR count). The van der Waals surface area contributed by atoms with E-state index in [2.05, 4.69) is 0 Å². The Bertz CT molecular complexity index is 243. The standard InChI is InChI=1S/C6H8O7.Ag.Li.H/c7-3(8)1-6(13,5(11)12)2-4(9)10;;;/h13H,1-2H2,(H,7,8)(H,9,10)(H,11,12);;;/q;;+1;-1. The molecule has 0 bridgehead atoms. The minimum absolute atomic E-state index is 0. The van der Waals surface area contributed by atoms with Gasteiger partial charge >= 0.3 is 36.8 Å². The normalized spacial score (nSPS) is 9.40. The third-order valence-electron chi connectivity index (χ3n) is 1.29. The van der Waals surface area contributed by atoms with Crippen LogP contribution in [0.15, 0.2) is 0 Å². The third-order valence-corrected chi connectivity index (χ3v) is 1.29. The van der Waals surface area contributed by atoms with Crippen molar-refractivity contribution in [3.63, 3.8) is 0 Å². The fourth-order valence-corrected chi connectivity index (χ4v) is 0.714. The second-order valence-corrected chi connectivity index (χ2v) is 2.48. The summed E-state index contributed by atoms with van der Waals surface area (Å²) < 4.78 is 0. The molecule has 0 saturated carbocycles. The third kappa shape index (κ3) is 7.62. The molecule has 0 fully saturated rings. The first kappa shape index (κ1) is 20.2. The molecule has 87 valence electrons. The van der Waals surface area contributed by atoms with Gasteiger partial charge in [0.1, 0.15) is 0 Å². The molecule has 0 amide bonds. The van der Waals surface area contributed by atoms with Gasteiger partial charge < -0.3 is 21.9 Å². The molecule has 0 saturated heterocycles. The second-order valence-electron chi connectivity index (χ2n) is 2.48. The van der Waals surface area contributed by atoms with Crippen LogP contribution in [0.25, 0.3) is 0 Å². The van der Waals surface area contributed by atoms with Gasteiger partial charge in [-0.15, -0.1) is 0 Å². The van der Waals surface area contributed by atoms with E-state index in [1.807, 2.05) is 0 Å². The van der Waals surface area contributed by atoms with Gasteiger partial charge in [0, 0.05) is 22.4 Å². The maximum atomic E-state index is 10.3. The summed E-state index contributed by atoms with van der Waals surface area (Å²) in [6.07, 6.45) is -2.29. The zero-order valence-corrected chi connectivity index (χ0v) is 9.21. The fourth-order valence-electron chi connectivity index (χ4n) is 0.714. The number of carboxylic acids is 3. The van der Waals surface area contributed by atoms with Crippen molar-refractivity contribution in [3.05, 3.63) is 0 Å². The summed E-state index contributed by atoms with van der Waals surface area (Å²) in [5, 5.41) is 33.8. The average Bonchev–Trinajstić information content (AvgIpc) is 1.82. The molecule has 0 aliphatic rings. The summed E-state index contributed by atoms with van der Waals surface area (Å²) in [7, 11) is 0. The molecule has 0 aliphatic heterocycles. The van der Waals surface area contributed by atoms with Crippen molar-refractivity contribution in [2.24, 2.45) is 0 Å². The van der Waals surface area contributed by atoms with E-state index in [9.17, 15) is 14.4 Å². The van der Waals surface area contributed by atoms with E-state index >= 15 is 0 Å². The van der Waals surface area contributed by atoms with Crippen molar-refractivity contribution in [3.8, 4) is 0 Å². The van der Waals surface area contributed by atoms with Crippen molar-refractivity contribution in [2.45, 2.75) is 18.4 Å². The van der Waals surface area contributed by atoms with E-state index in [-0.39, 0.29) is 42.7 Å². The first-order chi connectivity index (χ1) is 5.78. The molecule has 9 heteroatoms. The Morgan fingerprint density at radius 2 is 1.27 bits per heavy atom. The van der Waals surface area contributed by atoms with E-state index in [1.54, 1.807) is 0 Å².